The summed E-state index contributed by atoms with van der Waals surface area (Å²) in [6, 6.07) is 21.4. The summed E-state index contributed by atoms with van der Waals surface area (Å²) < 4.78 is 29.1. The summed E-state index contributed by atoms with van der Waals surface area (Å²) in [5, 5.41) is 4.16. The Morgan fingerprint density at radius 3 is 2.34 bits per heavy atom. The maximum absolute atomic E-state index is 13.4. The van der Waals surface area contributed by atoms with E-state index in [1.807, 2.05) is 50.2 Å². The lowest BCUT2D eigenvalue weighted by molar-refractivity contribution is -0.119. The van der Waals surface area contributed by atoms with Gasteiger partial charge in [0, 0.05) is 3.57 Å². The van der Waals surface area contributed by atoms with Crippen LogP contribution in [0.3, 0.4) is 0 Å². The molecule has 1 amide bonds. The first kappa shape index (κ1) is 23.9. The summed E-state index contributed by atoms with van der Waals surface area (Å²) in [4.78, 5) is 12.9. The van der Waals surface area contributed by atoms with Crippen molar-refractivity contribution < 1.29 is 13.2 Å². The average Bonchev–Trinajstić information content (AvgIpc) is 2.76. The fourth-order valence-electron chi connectivity index (χ4n) is 3.07. The van der Waals surface area contributed by atoms with Crippen molar-refractivity contribution in [1.29, 1.82) is 0 Å². The molecule has 0 aliphatic rings. The Morgan fingerprint density at radius 2 is 1.69 bits per heavy atom. The van der Waals surface area contributed by atoms with Gasteiger partial charge in [0.2, 0.25) is 0 Å². The Kier molecular flexibility index (Phi) is 7.68. The van der Waals surface area contributed by atoms with Gasteiger partial charge in [-0.1, -0.05) is 48.0 Å². The Bertz CT molecular complexity index is 1260. The average molecular weight is 561 g/mol. The molecule has 0 bridgehead atoms. The Morgan fingerprint density at radius 1 is 1.00 bits per heavy atom. The molecule has 0 fully saturated rings. The number of aryl methyl sites for hydroxylation is 2. The molecule has 0 radical (unpaired) electrons. The van der Waals surface area contributed by atoms with Crippen molar-refractivity contribution in [3.05, 3.63) is 93.1 Å². The minimum absolute atomic E-state index is 0.123. The topological polar surface area (TPSA) is 78.8 Å². The van der Waals surface area contributed by atoms with Crippen molar-refractivity contribution in [2.45, 2.75) is 25.7 Å². The van der Waals surface area contributed by atoms with Crippen molar-refractivity contribution in [3.63, 3.8) is 0 Å². The first-order valence-corrected chi connectivity index (χ1v) is 12.4. The van der Waals surface area contributed by atoms with Crippen LogP contribution in [0.4, 0.5) is 5.69 Å². The highest BCUT2D eigenvalue weighted by Gasteiger charge is 2.28. The van der Waals surface area contributed by atoms with Gasteiger partial charge in [-0.2, -0.15) is 5.10 Å². The van der Waals surface area contributed by atoms with E-state index in [2.05, 4.69) is 33.1 Å². The van der Waals surface area contributed by atoms with Gasteiger partial charge in [-0.25, -0.2) is 13.8 Å². The minimum Gasteiger partial charge on any atom is -0.271 e. The van der Waals surface area contributed by atoms with Crippen LogP contribution in [-0.4, -0.2) is 26.6 Å². The third-order valence-corrected chi connectivity index (χ3v) is 7.32. The lowest BCUT2D eigenvalue weighted by Crippen LogP contribution is -2.40. The highest BCUT2D eigenvalue weighted by atomic mass is 127. The molecule has 6 nitrogen and oxygen atoms in total. The summed E-state index contributed by atoms with van der Waals surface area (Å²) in [6.07, 6.45) is 0. The lowest BCUT2D eigenvalue weighted by Gasteiger charge is -2.25. The number of carbonyl (C=O) groups excluding carboxylic acids is 1. The van der Waals surface area contributed by atoms with Gasteiger partial charge >= 0.3 is 0 Å². The highest BCUT2D eigenvalue weighted by Crippen LogP contribution is 2.26. The zero-order chi connectivity index (χ0) is 23.3. The van der Waals surface area contributed by atoms with Crippen molar-refractivity contribution in [2.75, 3.05) is 10.8 Å². The molecule has 0 unspecified atom stereocenters. The number of anilines is 1. The number of hydrazone groups is 1. The molecule has 166 valence electrons. The molecular formula is C24H24IN3O3S. The van der Waals surface area contributed by atoms with Crippen molar-refractivity contribution in [3.8, 4) is 0 Å². The summed E-state index contributed by atoms with van der Waals surface area (Å²) in [5.41, 5.74) is 6.13. The summed E-state index contributed by atoms with van der Waals surface area (Å²) in [6.45, 7) is 5.08. The van der Waals surface area contributed by atoms with Crippen molar-refractivity contribution >= 4 is 49.9 Å². The Labute approximate surface area is 202 Å². The van der Waals surface area contributed by atoms with Gasteiger partial charge in [-0.3, -0.25) is 9.10 Å². The van der Waals surface area contributed by atoms with Crippen LogP contribution in [0.25, 0.3) is 0 Å². The van der Waals surface area contributed by atoms with Gasteiger partial charge in [-0.05, 0) is 84.8 Å². The normalized spacial score (nSPS) is 11.8. The van der Waals surface area contributed by atoms with E-state index in [1.165, 1.54) is 0 Å². The number of nitrogens with one attached hydrogen (secondary N) is 1. The van der Waals surface area contributed by atoms with Gasteiger partial charge in [-0.15, -0.1) is 0 Å². The van der Waals surface area contributed by atoms with Gasteiger partial charge in [0.05, 0.1) is 16.3 Å². The number of para-hydroxylation sites is 1. The first-order chi connectivity index (χ1) is 15.2. The van der Waals surface area contributed by atoms with E-state index >= 15 is 0 Å². The third kappa shape index (κ3) is 5.74. The fraction of sp³-hybridized carbons (Fsp3) is 0.167. The van der Waals surface area contributed by atoms with E-state index in [1.54, 1.807) is 43.3 Å². The molecule has 0 aliphatic heterocycles. The molecule has 3 rings (SSSR count). The van der Waals surface area contributed by atoms with Gasteiger partial charge < -0.3 is 0 Å². The van der Waals surface area contributed by atoms with E-state index < -0.39 is 22.5 Å². The molecule has 0 heterocycles. The summed E-state index contributed by atoms with van der Waals surface area (Å²) in [5.74, 6) is -0.533. The molecule has 8 heteroatoms. The molecule has 0 aromatic heterocycles. The molecule has 0 aliphatic carbocycles. The third-order valence-electron chi connectivity index (χ3n) is 4.87. The number of sulfonamides is 1. The summed E-state index contributed by atoms with van der Waals surface area (Å²) in [7, 11) is -3.96. The van der Waals surface area contributed by atoms with E-state index in [0.29, 0.717) is 11.4 Å². The van der Waals surface area contributed by atoms with Gasteiger partial charge in [0.15, 0.2) is 0 Å². The van der Waals surface area contributed by atoms with Crippen LogP contribution in [0.1, 0.15) is 23.6 Å². The number of nitrogens with zero attached hydrogens (tertiary/aromatic N) is 2. The maximum Gasteiger partial charge on any atom is 0.264 e. The zero-order valence-electron chi connectivity index (χ0n) is 18.0. The molecule has 0 saturated carbocycles. The second-order valence-electron chi connectivity index (χ2n) is 7.35. The number of hydrogen-bond acceptors (Lipinski definition) is 4. The van der Waals surface area contributed by atoms with Crippen LogP contribution in [0.2, 0.25) is 0 Å². The van der Waals surface area contributed by atoms with Crippen molar-refractivity contribution in [1.82, 2.24) is 5.43 Å². The lowest BCUT2D eigenvalue weighted by atomic mass is 10.1. The molecule has 1 N–H and O–H groups in total. The predicted octanol–water partition coefficient (Wildman–Crippen LogP) is 4.64. The SMILES string of the molecule is C/C(=N\NC(=O)CN(c1ccccc1C)S(=O)(=O)c1ccc(C)cc1)c1cccc(I)c1. The molecule has 3 aromatic carbocycles. The highest BCUT2D eigenvalue weighted by molar-refractivity contribution is 14.1. The number of hydrogen-bond donors (Lipinski definition) is 1. The molecule has 0 spiro atoms. The smallest absolute Gasteiger partial charge is 0.264 e. The van der Waals surface area contributed by atoms with E-state index in [-0.39, 0.29) is 4.90 Å². The Balaban J connectivity index is 1.89. The van der Waals surface area contributed by atoms with Crippen LogP contribution in [0, 0.1) is 17.4 Å². The predicted molar refractivity (Wildman–Crippen MR) is 136 cm³/mol. The molecular weight excluding hydrogens is 537 g/mol. The standard InChI is InChI=1S/C24H24IN3O3S/c1-17-11-13-22(14-12-17)32(30,31)28(23-10-5-4-7-18(23)2)16-24(29)27-26-19(3)20-8-6-9-21(25)15-20/h4-15H,16H2,1-3H3,(H,27,29)/b26-19+. The molecule has 32 heavy (non-hydrogen) atoms. The number of rotatable bonds is 7. The van der Waals surface area contributed by atoms with Gasteiger partial charge in [0.25, 0.3) is 15.9 Å². The van der Waals surface area contributed by atoms with E-state index in [4.69, 9.17) is 0 Å². The molecule has 3 aromatic rings. The zero-order valence-corrected chi connectivity index (χ0v) is 21.0. The minimum atomic E-state index is -3.96. The number of carbonyl (C=O) groups is 1. The number of halogens is 1. The largest absolute Gasteiger partial charge is 0.271 e. The quantitative estimate of drug-likeness (QED) is 0.259. The van der Waals surface area contributed by atoms with Crippen LogP contribution < -0.4 is 9.73 Å². The van der Waals surface area contributed by atoms with Crippen LogP contribution >= 0.6 is 22.6 Å². The molecule has 0 saturated heterocycles. The maximum atomic E-state index is 13.4. The second-order valence-corrected chi connectivity index (χ2v) is 10.5. The molecule has 0 atom stereocenters. The number of benzene rings is 3. The fourth-order valence-corrected chi connectivity index (χ4v) is 5.10. The van der Waals surface area contributed by atoms with E-state index in [9.17, 15) is 13.2 Å². The van der Waals surface area contributed by atoms with Crippen molar-refractivity contribution in [2.24, 2.45) is 5.10 Å². The van der Waals surface area contributed by atoms with E-state index in [0.717, 1.165) is 24.6 Å². The second kappa shape index (κ2) is 10.3. The van der Waals surface area contributed by atoms with Crippen LogP contribution in [0.15, 0.2) is 82.8 Å². The first-order valence-electron chi connectivity index (χ1n) is 9.92. The Hall–Kier alpha value is -2.72. The van der Waals surface area contributed by atoms with Gasteiger partial charge in [0.1, 0.15) is 6.54 Å². The number of amides is 1. The van der Waals surface area contributed by atoms with Crippen LogP contribution in [0.5, 0.6) is 0 Å². The monoisotopic (exact) mass is 561 g/mol. The summed E-state index contributed by atoms with van der Waals surface area (Å²) >= 11 is 2.21. The van der Waals surface area contributed by atoms with Crippen LogP contribution in [-0.2, 0) is 14.8 Å².